The first-order valence-electron chi connectivity index (χ1n) is 9.17. The summed E-state index contributed by atoms with van der Waals surface area (Å²) in [5, 5.41) is 3.84. The van der Waals surface area contributed by atoms with Gasteiger partial charge in [0.25, 0.3) is 5.91 Å². The molecule has 0 atom stereocenters. The van der Waals surface area contributed by atoms with E-state index < -0.39 is 0 Å². The quantitative estimate of drug-likeness (QED) is 0.629. The second kappa shape index (κ2) is 9.39. The highest BCUT2D eigenvalue weighted by atomic mass is 19.1. The Labute approximate surface area is 159 Å². The van der Waals surface area contributed by atoms with Gasteiger partial charge in [-0.1, -0.05) is 48.0 Å². The van der Waals surface area contributed by atoms with E-state index in [0.29, 0.717) is 12.1 Å². The molecule has 142 valence electrons. The fourth-order valence-corrected chi connectivity index (χ4v) is 3.05. The van der Waals surface area contributed by atoms with Crippen LogP contribution in [0.2, 0.25) is 0 Å². The number of piperazine rings is 1. The van der Waals surface area contributed by atoms with E-state index >= 15 is 0 Å². The minimum atomic E-state index is -0.361. The molecule has 3 rings (SSSR count). The van der Waals surface area contributed by atoms with Crippen molar-refractivity contribution in [1.29, 1.82) is 0 Å². The van der Waals surface area contributed by atoms with Gasteiger partial charge in [-0.15, -0.1) is 0 Å². The lowest BCUT2D eigenvalue weighted by atomic mass is 10.1. The van der Waals surface area contributed by atoms with E-state index in [9.17, 15) is 9.18 Å². The molecule has 2 aromatic rings. The molecule has 0 spiro atoms. The summed E-state index contributed by atoms with van der Waals surface area (Å²) >= 11 is 0. The van der Waals surface area contributed by atoms with Gasteiger partial charge in [0.2, 0.25) is 0 Å². The van der Waals surface area contributed by atoms with Crippen LogP contribution in [0.4, 0.5) is 4.39 Å². The summed E-state index contributed by atoms with van der Waals surface area (Å²) in [6, 6.07) is 14.9. The molecule has 1 heterocycles. The van der Waals surface area contributed by atoms with Crippen molar-refractivity contribution in [2.45, 2.75) is 13.5 Å². The fourth-order valence-electron chi connectivity index (χ4n) is 3.05. The van der Waals surface area contributed by atoms with Crippen molar-refractivity contribution in [1.82, 2.24) is 15.2 Å². The number of halogens is 1. The number of nitrogens with one attached hydrogen (secondary N) is 1. The van der Waals surface area contributed by atoms with Crippen LogP contribution < -0.4 is 5.43 Å². The number of carbonyl (C=O) groups excluding carboxylic acids is 1. The van der Waals surface area contributed by atoms with Crippen molar-refractivity contribution in [3.8, 4) is 0 Å². The summed E-state index contributed by atoms with van der Waals surface area (Å²) in [6.45, 7) is 6.88. The predicted molar refractivity (Wildman–Crippen MR) is 105 cm³/mol. The van der Waals surface area contributed by atoms with E-state index in [2.05, 4.69) is 51.5 Å². The fraction of sp³-hybridized carbons (Fsp3) is 0.333. The molecule has 6 heteroatoms. The zero-order valence-corrected chi connectivity index (χ0v) is 15.6. The number of hydrogen-bond donors (Lipinski definition) is 1. The Morgan fingerprint density at radius 1 is 1.07 bits per heavy atom. The zero-order chi connectivity index (χ0) is 19.1. The number of hydrogen-bond acceptors (Lipinski definition) is 4. The number of benzene rings is 2. The Kier molecular flexibility index (Phi) is 6.68. The topological polar surface area (TPSA) is 47.9 Å². The second-order valence-corrected chi connectivity index (χ2v) is 6.85. The molecule has 1 N–H and O–H groups in total. The highest BCUT2D eigenvalue weighted by molar-refractivity contribution is 5.83. The van der Waals surface area contributed by atoms with Crippen LogP contribution in [0, 0.1) is 12.7 Å². The van der Waals surface area contributed by atoms with Crippen molar-refractivity contribution in [2.24, 2.45) is 5.10 Å². The van der Waals surface area contributed by atoms with E-state index in [0.717, 1.165) is 32.7 Å². The molecule has 1 aliphatic heterocycles. The molecule has 1 amide bonds. The van der Waals surface area contributed by atoms with Crippen LogP contribution in [0.25, 0.3) is 0 Å². The number of amides is 1. The van der Waals surface area contributed by atoms with Gasteiger partial charge in [0.15, 0.2) is 0 Å². The van der Waals surface area contributed by atoms with E-state index in [4.69, 9.17) is 0 Å². The number of carbonyl (C=O) groups is 1. The number of rotatable bonds is 6. The normalized spacial score (nSPS) is 15.9. The maximum absolute atomic E-state index is 13.5. The standard InChI is InChI=1S/C21H25FN4O/c1-17-6-8-18(9-7-17)15-25-10-12-26(13-11-25)16-21(27)24-23-14-19-4-2-3-5-20(19)22/h2-9,14H,10-13,15-16H2,1H3,(H,24,27)/b23-14+. The zero-order valence-electron chi connectivity index (χ0n) is 15.6. The maximum atomic E-state index is 13.5. The molecule has 0 aromatic heterocycles. The van der Waals surface area contributed by atoms with Crippen molar-refractivity contribution >= 4 is 12.1 Å². The van der Waals surface area contributed by atoms with Gasteiger partial charge in [-0.3, -0.25) is 14.6 Å². The first-order valence-corrected chi connectivity index (χ1v) is 9.17. The smallest absolute Gasteiger partial charge is 0.254 e. The molecule has 1 fully saturated rings. The molecule has 2 aromatic carbocycles. The number of hydrazone groups is 1. The van der Waals surface area contributed by atoms with Gasteiger partial charge in [-0.25, -0.2) is 9.82 Å². The molecule has 1 aliphatic rings. The summed E-state index contributed by atoms with van der Waals surface area (Å²) in [7, 11) is 0. The van der Waals surface area contributed by atoms with Gasteiger partial charge >= 0.3 is 0 Å². The van der Waals surface area contributed by atoms with Crippen LogP contribution >= 0.6 is 0 Å². The number of aryl methyl sites for hydroxylation is 1. The molecular weight excluding hydrogens is 343 g/mol. The lowest BCUT2D eigenvalue weighted by Gasteiger charge is -2.34. The van der Waals surface area contributed by atoms with Gasteiger partial charge in [-0.2, -0.15) is 5.10 Å². The molecule has 0 radical (unpaired) electrons. The predicted octanol–water partition coefficient (Wildman–Crippen LogP) is 2.40. The van der Waals surface area contributed by atoms with Crippen LogP contribution in [0.3, 0.4) is 0 Å². The van der Waals surface area contributed by atoms with Crippen molar-refractivity contribution < 1.29 is 9.18 Å². The van der Waals surface area contributed by atoms with Crippen LogP contribution in [0.15, 0.2) is 53.6 Å². The van der Waals surface area contributed by atoms with Crippen LogP contribution in [0.1, 0.15) is 16.7 Å². The van der Waals surface area contributed by atoms with Gasteiger partial charge < -0.3 is 0 Å². The Balaban J connectivity index is 1.39. The van der Waals surface area contributed by atoms with Gasteiger partial charge in [0, 0.05) is 38.3 Å². The molecule has 0 saturated carbocycles. The van der Waals surface area contributed by atoms with Gasteiger partial charge in [0.05, 0.1) is 12.8 Å². The monoisotopic (exact) mass is 368 g/mol. The second-order valence-electron chi connectivity index (χ2n) is 6.85. The van der Waals surface area contributed by atoms with Crippen LogP contribution in [-0.4, -0.2) is 54.6 Å². The molecule has 27 heavy (non-hydrogen) atoms. The van der Waals surface area contributed by atoms with Gasteiger partial charge in [-0.05, 0) is 18.6 Å². The first-order chi connectivity index (χ1) is 13.1. The third-order valence-corrected chi connectivity index (χ3v) is 4.66. The molecule has 1 saturated heterocycles. The van der Waals surface area contributed by atoms with E-state index in [1.54, 1.807) is 18.2 Å². The Hall–Kier alpha value is -2.57. The average molecular weight is 368 g/mol. The molecule has 0 bridgehead atoms. The molecule has 0 aliphatic carbocycles. The maximum Gasteiger partial charge on any atom is 0.254 e. The van der Waals surface area contributed by atoms with Crippen molar-refractivity contribution in [3.05, 3.63) is 71.0 Å². The summed E-state index contributed by atoms with van der Waals surface area (Å²) in [6.07, 6.45) is 1.33. The summed E-state index contributed by atoms with van der Waals surface area (Å²) in [5.74, 6) is -0.547. The summed E-state index contributed by atoms with van der Waals surface area (Å²) in [5.41, 5.74) is 5.40. The Bertz CT molecular complexity index is 783. The highest BCUT2D eigenvalue weighted by Gasteiger charge is 2.18. The summed E-state index contributed by atoms with van der Waals surface area (Å²) in [4.78, 5) is 16.5. The Morgan fingerprint density at radius 3 is 2.44 bits per heavy atom. The molecule has 5 nitrogen and oxygen atoms in total. The van der Waals surface area contributed by atoms with E-state index in [-0.39, 0.29) is 11.7 Å². The highest BCUT2D eigenvalue weighted by Crippen LogP contribution is 2.09. The van der Waals surface area contributed by atoms with Crippen molar-refractivity contribution in [2.75, 3.05) is 32.7 Å². The lowest BCUT2D eigenvalue weighted by Crippen LogP contribution is -2.48. The molecular formula is C21H25FN4O. The molecule has 0 unspecified atom stereocenters. The third kappa shape index (κ3) is 5.98. The minimum absolute atomic E-state index is 0.186. The first kappa shape index (κ1) is 19.2. The minimum Gasteiger partial charge on any atom is -0.297 e. The SMILES string of the molecule is Cc1ccc(CN2CCN(CC(=O)N/N=C/c3ccccc3F)CC2)cc1. The van der Waals surface area contributed by atoms with E-state index in [1.807, 2.05) is 0 Å². The Morgan fingerprint density at radius 2 is 1.74 bits per heavy atom. The lowest BCUT2D eigenvalue weighted by molar-refractivity contribution is -0.122. The largest absolute Gasteiger partial charge is 0.297 e. The van der Waals surface area contributed by atoms with Crippen molar-refractivity contribution in [3.63, 3.8) is 0 Å². The van der Waals surface area contributed by atoms with E-state index in [1.165, 1.54) is 23.4 Å². The van der Waals surface area contributed by atoms with Crippen LogP contribution in [0.5, 0.6) is 0 Å². The van der Waals surface area contributed by atoms with Crippen LogP contribution in [-0.2, 0) is 11.3 Å². The average Bonchev–Trinajstić information content (AvgIpc) is 2.67. The summed E-state index contributed by atoms with van der Waals surface area (Å²) < 4.78 is 13.5. The van der Waals surface area contributed by atoms with Gasteiger partial charge in [0.1, 0.15) is 5.82 Å². The number of nitrogens with zero attached hydrogens (tertiary/aromatic N) is 3. The third-order valence-electron chi connectivity index (χ3n) is 4.66.